The van der Waals surface area contributed by atoms with Gasteiger partial charge in [-0.1, -0.05) is 13.8 Å². The predicted octanol–water partition coefficient (Wildman–Crippen LogP) is 0.252. The average Bonchev–Trinajstić information content (AvgIpc) is 2.10. The van der Waals surface area contributed by atoms with Crippen LogP contribution in [-0.4, -0.2) is 48.3 Å². The molecular formula is C10H19NO3. The minimum atomic E-state index is 0.0106. The third kappa shape index (κ3) is 3.27. The zero-order valence-corrected chi connectivity index (χ0v) is 8.90. The SMILES string of the molecule is CC(C)CN1CC(CCO)OCC1=O. The third-order valence-corrected chi connectivity index (χ3v) is 2.26. The van der Waals surface area contributed by atoms with Gasteiger partial charge in [0, 0.05) is 19.7 Å². The Bertz CT molecular complexity index is 194. The highest BCUT2D eigenvalue weighted by Gasteiger charge is 2.25. The third-order valence-electron chi connectivity index (χ3n) is 2.26. The Hall–Kier alpha value is -0.610. The van der Waals surface area contributed by atoms with Crippen LogP contribution in [0.4, 0.5) is 0 Å². The van der Waals surface area contributed by atoms with Gasteiger partial charge in [-0.05, 0) is 12.3 Å². The van der Waals surface area contributed by atoms with Crippen LogP contribution in [0, 0.1) is 5.92 Å². The summed E-state index contributed by atoms with van der Waals surface area (Å²) in [5.41, 5.74) is 0. The standard InChI is InChI=1S/C10H19NO3/c1-8(2)5-11-6-9(3-4-12)14-7-10(11)13/h8-9,12H,3-7H2,1-2H3. The summed E-state index contributed by atoms with van der Waals surface area (Å²) < 4.78 is 5.29. The van der Waals surface area contributed by atoms with Crippen molar-refractivity contribution in [3.8, 4) is 0 Å². The van der Waals surface area contributed by atoms with Crippen molar-refractivity contribution in [2.45, 2.75) is 26.4 Å². The van der Waals surface area contributed by atoms with Crippen LogP contribution in [0.3, 0.4) is 0 Å². The van der Waals surface area contributed by atoms with Crippen molar-refractivity contribution in [1.82, 2.24) is 4.90 Å². The molecule has 1 aliphatic heterocycles. The van der Waals surface area contributed by atoms with Gasteiger partial charge >= 0.3 is 0 Å². The number of aliphatic hydroxyl groups is 1. The molecule has 1 heterocycles. The van der Waals surface area contributed by atoms with E-state index in [1.807, 2.05) is 4.90 Å². The van der Waals surface area contributed by atoms with E-state index in [4.69, 9.17) is 9.84 Å². The van der Waals surface area contributed by atoms with Gasteiger partial charge in [-0.15, -0.1) is 0 Å². The van der Waals surface area contributed by atoms with Gasteiger partial charge < -0.3 is 14.7 Å². The number of hydrogen-bond donors (Lipinski definition) is 1. The van der Waals surface area contributed by atoms with E-state index >= 15 is 0 Å². The lowest BCUT2D eigenvalue weighted by molar-refractivity contribution is -0.150. The molecule has 0 spiro atoms. The molecule has 1 N–H and O–H groups in total. The second-order valence-corrected chi connectivity index (χ2v) is 4.14. The summed E-state index contributed by atoms with van der Waals surface area (Å²) >= 11 is 0. The molecule has 1 rings (SSSR count). The number of aliphatic hydroxyl groups excluding tert-OH is 1. The quantitative estimate of drug-likeness (QED) is 0.709. The Morgan fingerprint density at radius 2 is 2.36 bits per heavy atom. The molecule has 82 valence electrons. The van der Waals surface area contributed by atoms with Gasteiger partial charge in [-0.3, -0.25) is 4.79 Å². The first kappa shape index (κ1) is 11.5. The molecule has 0 aliphatic carbocycles. The van der Waals surface area contributed by atoms with Crippen molar-refractivity contribution in [3.63, 3.8) is 0 Å². The molecule has 1 fully saturated rings. The molecule has 0 saturated carbocycles. The number of amides is 1. The fourth-order valence-electron chi connectivity index (χ4n) is 1.62. The van der Waals surface area contributed by atoms with Gasteiger partial charge in [0.25, 0.3) is 0 Å². The molecule has 1 amide bonds. The molecule has 0 aromatic heterocycles. The van der Waals surface area contributed by atoms with E-state index in [0.717, 1.165) is 6.54 Å². The van der Waals surface area contributed by atoms with E-state index in [2.05, 4.69) is 13.8 Å². The minimum Gasteiger partial charge on any atom is -0.396 e. The Morgan fingerprint density at radius 3 is 2.93 bits per heavy atom. The molecule has 1 aliphatic rings. The molecule has 0 radical (unpaired) electrons. The fourth-order valence-corrected chi connectivity index (χ4v) is 1.62. The molecule has 14 heavy (non-hydrogen) atoms. The highest BCUT2D eigenvalue weighted by atomic mass is 16.5. The van der Waals surface area contributed by atoms with Crippen LogP contribution >= 0.6 is 0 Å². The van der Waals surface area contributed by atoms with Crippen LogP contribution in [0.25, 0.3) is 0 Å². The minimum absolute atomic E-state index is 0.0106. The fraction of sp³-hybridized carbons (Fsp3) is 0.900. The maximum absolute atomic E-state index is 11.4. The van der Waals surface area contributed by atoms with Gasteiger partial charge in [0.1, 0.15) is 6.61 Å². The largest absolute Gasteiger partial charge is 0.396 e. The number of carbonyl (C=O) groups excluding carboxylic acids is 1. The van der Waals surface area contributed by atoms with E-state index in [1.165, 1.54) is 0 Å². The van der Waals surface area contributed by atoms with Gasteiger partial charge in [0.05, 0.1) is 6.10 Å². The van der Waals surface area contributed by atoms with Crippen molar-refractivity contribution >= 4 is 5.91 Å². The summed E-state index contributed by atoms with van der Waals surface area (Å²) in [6.45, 7) is 5.86. The molecule has 0 bridgehead atoms. The Balaban J connectivity index is 2.42. The lowest BCUT2D eigenvalue weighted by Gasteiger charge is -2.33. The lowest BCUT2D eigenvalue weighted by Crippen LogP contribution is -2.48. The van der Waals surface area contributed by atoms with E-state index in [-0.39, 0.29) is 25.2 Å². The van der Waals surface area contributed by atoms with Crippen LogP contribution in [0.5, 0.6) is 0 Å². The topological polar surface area (TPSA) is 49.8 Å². The van der Waals surface area contributed by atoms with E-state index in [1.54, 1.807) is 0 Å². The van der Waals surface area contributed by atoms with Crippen LogP contribution in [0.15, 0.2) is 0 Å². The first-order chi connectivity index (χ1) is 6.63. The van der Waals surface area contributed by atoms with Gasteiger partial charge in [-0.2, -0.15) is 0 Å². The van der Waals surface area contributed by atoms with Crippen LogP contribution in [0.1, 0.15) is 20.3 Å². The summed E-state index contributed by atoms with van der Waals surface area (Å²) in [4.78, 5) is 13.2. The summed E-state index contributed by atoms with van der Waals surface area (Å²) in [7, 11) is 0. The molecule has 4 heteroatoms. The normalized spacial score (nSPS) is 23.3. The summed E-state index contributed by atoms with van der Waals surface area (Å²) in [5.74, 6) is 0.541. The molecular weight excluding hydrogens is 182 g/mol. The molecule has 1 saturated heterocycles. The van der Waals surface area contributed by atoms with Gasteiger partial charge in [0.2, 0.25) is 5.91 Å². The van der Waals surface area contributed by atoms with Crippen molar-refractivity contribution in [1.29, 1.82) is 0 Å². The van der Waals surface area contributed by atoms with Crippen molar-refractivity contribution < 1.29 is 14.6 Å². The summed E-state index contributed by atoms with van der Waals surface area (Å²) in [6, 6.07) is 0. The smallest absolute Gasteiger partial charge is 0.248 e. The maximum atomic E-state index is 11.4. The molecule has 1 atom stereocenters. The van der Waals surface area contributed by atoms with Crippen LogP contribution in [0.2, 0.25) is 0 Å². The zero-order chi connectivity index (χ0) is 10.6. The highest BCUT2D eigenvalue weighted by molar-refractivity contribution is 5.78. The van der Waals surface area contributed by atoms with E-state index in [0.29, 0.717) is 18.9 Å². The number of hydrogen-bond acceptors (Lipinski definition) is 3. The Morgan fingerprint density at radius 1 is 1.64 bits per heavy atom. The first-order valence-electron chi connectivity index (χ1n) is 5.13. The number of ether oxygens (including phenoxy) is 1. The zero-order valence-electron chi connectivity index (χ0n) is 8.90. The lowest BCUT2D eigenvalue weighted by atomic mass is 10.1. The Labute approximate surface area is 84.8 Å². The predicted molar refractivity (Wildman–Crippen MR) is 52.9 cm³/mol. The van der Waals surface area contributed by atoms with Crippen LogP contribution < -0.4 is 0 Å². The maximum Gasteiger partial charge on any atom is 0.248 e. The summed E-state index contributed by atoms with van der Waals surface area (Å²) in [6.07, 6.45) is 0.624. The number of nitrogens with zero attached hydrogens (tertiary/aromatic N) is 1. The van der Waals surface area contributed by atoms with Crippen molar-refractivity contribution in [3.05, 3.63) is 0 Å². The number of rotatable bonds is 4. The first-order valence-corrected chi connectivity index (χ1v) is 5.13. The molecule has 0 aromatic carbocycles. The van der Waals surface area contributed by atoms with Crippen molar-refractivity contribution in [2.24, 2.45) is 5.92 Å². The molecule has 0 aromatic rings. The Kier molecular flexibility index (Phi) is 4.35. The second-order valence-electron chi connectivity index (χ2n) is 4.14. The number of carbonyl (C=O) groups is 1. The van der Waals surface area contributed by atoms with E-state index in [9.17, 15) is 4.79 Å². The van der Waals surface area contributed by atoms with E-state index < -0.39 is 0 Å². The average molecular weight is 201 g/mol. The highest BCUT2D eigenvalue weighted by Crippen LogP contribution is 2.11. The van der Waals surface area contributed by atoms with Gasteiger partial charge in [-0.25, -0.2) is 0 Å². The summed E-state index contributed by atoms with van der Waals surface area (Å²) in [5, 5.41) is 8.77. The monoisotopic (exact) mass is 201 g/mol. The van der Waals surface area contributed by atoms with Gasteiger partial charge in [0.15, 0.2) is 0 Å². The molecule has 4 nitrogen and oxygen atoms in total. The number of morpholine rings is 1. The second kappa shape index (κ2) is 5.32. The van der Waals surface area contributed by atoms with Crippen molar-refractivity contribution in [2.75, 3.05) is 26.3 Å². The van der Waals surface area contributed by atoms with Crippen LogP contribution in [-0.2, 0) is 9.53 Å². The molecule has 1 unspecified atom stereocenters.